The van der Waals surface area contributed by atoms with Gasteiger partial charge in [0.1, 0.15) is 0 Å². The fourth-order valence-corrected chi connectivity index (χ4v) is 2.37. The van der Waals surface area contributed by atoms with Gasteiger partial charge in [0.2, 0.25) is 0 Å². The molecule has 0 N–H and O–H groups in total. The van der Waals surface area contributed by atoms with Crippen LogP contribution in [0.4, 0.5) is 0 Å². The molecule has 0 bridgehead atoms. The van der Waals surface area contributed by atoms with Crippen molar-refractivity contribution >= 4 is 39.1 Å². The second-order valence-corrected chi connectivity index (χ2v) is 4.76. The first-order valence-electron chi connectivity index (χ1n) is 4.40. The van der Waals surface area contributed by atoms with E-state index in [2.05, 4.69) is 21.0 Å². The fourth-order valence-electron chi connectivity index (χ4n) is 1.33. The van der Waals surface area contributed by atoms with Crippen LogP contribution in [0.3, 0.4) is 0 Å². The maximum absolute atomic E-state index is 5.80. The zero-order valence-corrected chi connectivity index (χ0v) is 11.3. The van der Waals surface area contributed by atoms with E-state index in [0.29, 0.717) is 17.7 Å². The first-order valence-corrected chi connectivity index (χ1v) is 6.26. The van der Waals surface area contributed by atoms with Crippen molar-refractivity contribution in [1.29, 1.82) is 0 Å². The Morgan fingerprint density at radius 3 is 2.36 bits per heavy atom. The Labute approximate surface area is 103 Å². The van der Waals surface area contributed by atoms with E-state index < -0.39 is 0 Å². The van der Waals surface area contributed by atoms with Crippen LogP contribution >= 0.6 is 39.1 Å². The highest BCUT2D eigenvalue weighted by Crippen LogP contribution is 2.23. The highest BCUT2D eigenvalue weighted by atomic mass is 79.9. The number of hydrogen-bond acceptors (Lipinski definition) is 1. The molecule has 0 aliphatic carbocycles. The van der Waals surface area contributed by atoms with Gasteiger partial charge in [0.05, 0.1) is 15.9 Å². The van der Waals surface area contributed by atoms with E-state index >= 15 is 0 Å². The van der Waals surface area contributed by atoms with Gasteiger partial charge in [0.15, 0.2) is 0 Å². The molecule has 2 nitrogen and oxygen atoms in total. The minimum absolute atomic E-state index is 0.310. The van der Waals surface area contributed by atoms with Crippen molar-refractivity contribution in [1.82, 2.24) is 9.78 Å². The van der Waals surface area contributed by atoms with E-state index in [9.17, 15) is 0 Å². The number of aromatic nitrogens is 2. The molecule has 80 valence electrons. The summed E-state index contributed by atoms with van der Waals surface area (Å²) in [5.74, 6) is 1.48. The Balaban J connectivity index is 2.84. The molecular weight excluding hydrogens is 287 g/mol. The molecule has 1 aromatic heterocycles. The average molecular weight is 300 g/mol. The molecular formula is C9H13BrCl2N2. The van der Waals surface area contributed by atoms with Crippen LogP contribution in [-0.4, -0.2) is 21.5 Å². The van der Waals surface area contributed by atoms with E-state index in [1.54, 1.807) is 0 Å². The Hall–Kier alpha value is 0.270. The van der Waals surface area contributed by atoms with Crippen molar-refractivity contribution in [2.24, 2.45) is 13.0 Å². The molecule has 14 heavy (non-hydrogen) atoms. The first-order chi connectivity index (χ1) is 6.60. The van der Waals surface area contributed by atoms with E-state index in [1.165, 1.54) is 0 Å². The standard InChI is InChI=1S/C9H13BrCl2N2/c1-6-9(10)8(14(2)13-6)3-7(4-11)5-12/h7H,3-5H2,1-2H3. The molecule has 0 atom stereocenters. The van der Waals surface area contributed by atoms with Gasteiger partial charge in [0, 0.05) is 18.8 Å². The molecule has 0 radical (unpaired) electrons. The van der Waals surface area contributed by atoms with Crippen molar-refractivity contribution < 1.29 is 0 Å². The quantitative estimate of drug-likeness (QED) is 0.781. The summed E-state index contributed by atoms with van der Waals surface area (Å²) < 4.78 is 2.95. The minimum atomic E-state index is 0.310. The lowest BCUT2D eigenvalue weighted by Crippen LogP contribution is -2.11. The van der Waals surface area contributed by atoms with E-state index in [4.69, 9.17) is 23.2 Å². The van der Waals surface area contributed by atoms with Gasteiger partial charge in [-0.15, -0.1) is 23.2 Å². The highest BCUT2D eigenvalue weighted by molar-refractivity contribution is 9.10. The van der Waals surface area contributed by atoms with E-state index in [0.717, 1.165) is 22.3 Å². The summed E-state index contributed by atoms with van der Waals surface area (Å²) in [6.07, 6.45) is 0.866. The zero-order valence-electron chi connectivity index (χ0n) is 8.23. The van der Waals surface area contributed by atoms with Crippen molar-refractivity contribution in [3.8, 4) is 0 Å². The van der Waals surface area contributed by atoms with Crippen LogP contribution in [0.15, 0.2) is 4.47 Å². The lowest BCUT2D eigenvalue weighted by molar-refractivity contribution is 0.603. The highest BCUT2D eigenvalue weighted by Gasteiger charge is 2.15. The number of aryl methyl sites for hydroxylation is 2. The Kier molecular flexibility index (Phi) is 4.74. The number of nitrogens with zero attached hydrogens (tertiary/aromatic N) is 2. The molecule has 0 saturated heterocycles. The van der Waals surface area contributed by atoms with Crippen molar-refractivity contribution in [2.45, 2.75) is 13.3 Å². The lowest BCUT2D eigenvalue weighted by Gasteiger charge is -2.10. The third-order valence-corrected chi connectivity index (χ3v) is 4.08. The van der Waals surface area contributed by atoms with Gasteiger partial charge < -0.3 is 0 Å². The summed E-state index contributed by atoms with van der Waals surface area (Å²) in [5.41, 5.74) is 2.17. The molecule has 0 spiro atoms. The number of rotatable bonds is 4. The predicted molar refractivity (Wildman–Crippen MR) is 64.3 cm³/mol. The minimum Gasteiger partial charge on any atom is -0.271 e. The SMILES string of the molecule is Cc1nn(C)c(CC(CCl)CCl)c1Br. The molecule has 5 heteroatoms. The molecule has 0 unspecified atom stereocenters. The fraction of sp³-hybridized carbons (Fsp3) is 0.667. The molecule has 0 amide bonds. The molecule has 0 aromatic carbocycles. The van der Waals surface area contributed by atoms with Crippen molar-refractivity contribution in [3.63, 3.8) is 0 Å². The summed E-state index contributed by atoms with van der Waals surface area (Å²) >= 11 is 15.1. The van der Waals surface area contributed by atoms with Crippen LogP contribution in [0.25, 0.3) is 0 Å². The zero-order chi connectivity index (χ0) is 10.7. The molecule has 0 aliphatic rings. The van der Waals surface area contributed by atoms with Gasteiger partial charge in [-0.3, -0.25) is 4.68 Å². The Morgan fingerprint density at radius 1 is 1.43 bits per heavy atom. The largest absolute Gasteiger partial charge is 0.271 e. The topological polar surface area (TPSA) is 17.8 Å². The summed E-state index contributed by atoms with van der Waals surface area (Å²) in [5, 5.41) is 4.32. The lowest BCUT2D eigenvalue weighted by atomic mass is 10.1. The van der Waals surface area contributed by atoms with Gasteiger partial charge in [-0.2, -0.15) is 5.10 Å². The molecule has 0 fully saturated rings. The average Bonchev–Trinajstić information content (AvgIpc) is 2.40. The summed E-state index contributed by atoms with van der Waals surface area (Å²) in [4.78, 5) is 0. The molecule has 0 saturated carbocycles. The Morgan fingerprint density at radius 2 is 2.00 bits per heavy atom. The van der Waals surface area contributed by atoms with Gasteiger partial charge in [-0.1, -0.05) is 0 Å². The van der Waals surface area contributed by atoms with Crippen LogP contribution in [0, 0.1) is 12.8 Å². The maximum atomic E-state index is 5.80. The van der Waals surface area contributed by atoms with E-state index in [-0.39, 0.29) is 0 Å². The normalized spacial score (nSPS) is 11.3. The summed E-state index contributed by atoms with van der Waals surface area (Å²) in [7, 11) is 1.94. The third-order valence-electron chi connectivity index (χ3n) is 2.18. The number of alkyl halides is 2. The predicted octanol–water partition coefficient (Wildman–Crippen LogP) is 3.13. The number of hydrogen-bond donors (Lipinski definition) is 0. The van der Waals surface area contributed by atoms with Gasteiger partial charge >= 0.3 is 0 Å². The second-order valence-electron chi connectivity index (χ2n) is 3.35. The third kappa shape index (κ3) is 2.65. The van der Waals surface area contributed by atoms with Gasteiger partial charge in [0.25, 0.3) is 0 Å². The van der Waals surface area contributed by atoms with Crippen LogP contribution in [-0.2, 0) is 13.5 Å². The second kappa shape index (κ2) is 5.38. The molecule has 1 aromatic rings. The molecule has 1 heterocycles. The Bertz CT molecular complexity index is 308. The smallest absolute Gasteiger partial charge is 0.0738 e. The summed E-state index contributed by atoms with van der Waals surface area (Å²) in [6, 6.07) is 0. The summed E-state index contributed by atoms with van der Waals surface area (Å²) in [6.45, 7) is 1.98. The van der Waals surface area contributed by atoms with E-state index in [1.807, 2.05) is 18.7 Å². The maximum Gasteiger partial charge on any atom is 0.0738 e. The molecule has 1 rings (SSSR count). The van der Waals surface area contributed by atoms with Crippen LogP contribution in [0.2, 0.25) is 0 Å². The number of halogens is 3. The monoisotopic (exact) mass is 298 g/mol. The first kappa shape index (κ1) is 12.3. The van der Waals surface area contributed by atoms with Crippen molar-refractivity contribution in [3.05, 3.63) is 15.9 Å². The van der Waals surface area contributed by atoms with Gasteiger partial charge in [-0.25, -0.2) is 0 Å². The molecule has 0 aliphatic heterocycles. The van der Waals surface area contributed by atoms with Gasteiger partial charge in [-0.05, 0) is 35.2 Å². The van der Waals surface area contributed by atoms with Crippen LogP contribution < -0.4 is 0 Å². The van der Waals surface area contributed by atoms with Crippen LogP contribution in [0.5, 0.6) is 0 Å². The van der Waals surface area contributed by atoms with Crippen LogP contribution in [0.1, 0.15) is 11.4 Å². The van der Waals surface area contributed by atoms with Crippen molar-refractivity contribution in [2.75, 3.05) is 11.8 Å².